The summed E-state index contributed by atoms with van der Waals surface area (Å²) in [4.78, 5) is 18.9. The molecule has 1 unspecified atom stereocenters. The first-order valence-electron chi connectivity index (χ1n) is 15.2. The molecular formula is C33H45N9O3. The van der Waals surface area contributed by atoms with Gasteiger partial charge in [0, 0.05) is 49.7 Å². The fraction of sp³-hybridized carbons (Fsp3) is 0.394. The van der Waals surface area contributed by atoms with Crippen molar-refractivity contribution in [1.82, 2.24) is 25.2 Å². The van der Waals surface area contributed by atoms with Crippen LogP contribution in [0.2, 0.25) is 0 Å². The van der Waals surface area contributed by atoms with Crippen LogP contribution in [0.1, 0.15) is 50.3 Å². The molecule has 0 spiro atoms. The first-order chi connectivity index (χ1) is 21.5. The summed E-state index contributed by atoms with van der Waals surface area (Å²) in [6.07, 6.45) is 9.29. The number of aliphatic imine (C=N–C) groups is 1. The zero-order valence-electron chi connectivity index (χ0n) is 26.7. The molecule has 0 aliphatic carbocycles. The van der Waals surface area contributed by atoms with Crippen molar-refractivity contribution in [3.63, 3.8) is 0 Å². The number of hydrogen-bond acceptors (Lipinski definition) is 9. The molecule has 1 fully saturated rings. The highest BCUT2D eigenvalue weighted by Crippen LogP contribution is 2.32. The number of carbonyl (C=O) groups excluding carboxylic acids is 1. The summed E-state index contributed by atoms with van der Waals surface area (Å²) in [5.74, 6) is 1.43. The van der Waals surface area contributed by atoms with Crippen LogP contribution in [-0.4, -0.2) is 75.4 Å². The molecule has 1 saturated heterocycles. The second-order valence-electron chi connectivity index (χ2n) is 11.8. The molecule has 0 radical (unpaired) electrons. The Kier molecular flexibility index (Phi) is 11.0. The van der Waals surface area contributed by atoms with E-state index in [0.29, 0.717) is 24.8 Å². The maximum absolute atomic E-state index is 9.88. The Morgan fingerprint density at radius 1 is 1.27 bits per heavy atom. The van der Waals surface area contributed by atoms with Crippen molar-refractivity contribution in [2.24, 2.45) is 10.7 Å². The van der Waals surface area contributed by atoms with Crippen LogP contribution in [0.15, 0.2) is 53.9 Å². The number of fused-ring (bicyclic) bond motifs is 1. The van der Waals surface area contributed by atoms with Crippen LogP contribution in [0.3, 0.4) is 0 Å². The number of phenols is 1. The van der Waals surface area contributed by atoms with Gasteiger partial charge in [0.15, 0.2) is 0 Å². The van der Waals surface area contributed by atoms with E-state index in [1.165, 1.54) is 6.42 Å². The molecule has 45 heavy (non-hydrogen) atoms. The molecule has 1 atom stereocenters. The maximum Gasteiger partial charge on any atom is 0.207 e. The summed E-state index contributed by atoms with van der Waals surface area (Å²) in [5, 5.41) is 36.1. The van der Waals surface area contributed by atoms with Crippen molar-refractivity contribution in [2.45, 2.75) is 58.6 Å². The van der Waals surface area contributed by atoms with Crippen molar-refractivity contribution < 1.29 is 15.0 Å². The minimum atomic E-state index is -0.791. The Bertz CT molecular complexity index is 1640. The van der Waals surface area contributed by atoms with E-state index in [1.807, 2.05) is 36.9 Å². The average Bonchev–Trinajstić information content (AvgIpc) is 3.69. The van der Waals surface area contributed by atoms with Crippen molar-refractivity contribution >= 4 is 35.0 Å². The highest BCUT2D eigenvalue weighted by molar-refractivity contribution is 6.06. The normalized spacial score (nSPS) is 15.0. The standard InChI is InChI=1S/C28H34N8O.C5H11NO2/c1-4-18-11-21(37)7-8-24(18)35-28(29)23-15-34-36-16-19(22-14-32-26(30-3)10-17(22)2)12-25(36)27(23)33-13-20-6-5-9-31-20;1-5(2,8)3-6-4-7/h7-8,10-12,14-16,20,31,33,37H,4-6,9,13H2,1-3H3,(H2,29,35)(H,30,32);4,8H,3H2,1-2H3,(H,6,7). The summed E-state index contributed by atoms with van der Waals surface area (Å²) in [6.45, 7) is 9.49. The number of benzene rings is 1. The number of carbonyl (C=O) groups is 1. The smallest absolute Gasteiger partial charge is 0.207 e. The lowest BCUT2D eigenvalue weighted by molar-refractivity contribution is -0.110. The van der Waals surface area contributed by atoms with Crippen LogP contribution in [0.25, 0.3) is 16.6 Å². The Labute approximate surface area is 264 Å². The molecule has 12 heteroatoms. The van der Waals surface area contributed by atoms with Crippen LogP contribution in [0.5, 0.6) is 5.75 Å². The molecule has 12 nitrogen and oxygen atoms in total. The van der Waals surface area contributed by atoms with Crippen LogP contribution in [0, 0.1) is 6.92 Å². The summed E-state index contributed by atoms with van der Waals surface area (Å²) < 4.78 is 1.87. The number of rotatable bonds is 11. The number of anilines is 2. The predicted octanol–water partition coefficient (Wildman–Crippen LogP) is 3.72. The van der Waals surface area contributed by atoms with Crippen molar-refractivity contribution in [3.05, 3.63) is 65.6 Å². The third-order valence-electron chi connectivity index (χ3n) is 7.58. The van der Waals surface area contributed by atoms with Gasteiger partial charge in [-0.15, -0.1) is 0 Å². The van der Waals surface area contributed by atoms with Gasteiger partial charge in [-0.2, -0.15) is 5.10 Å². The van der Waals surface area contributed by atoms with E-state index in [-0.39, 0.29) is 5.75 Å². The van der Waals surface area contributed by atoms with Gasteiger partial charge in [0.1, 0.15) is 17.4 Å². The van der Waals surface area contributed by atoms with Crippen LogP contribution >= 0.6 is 0 Å². The summed E-state index contributed by atoms with van der Waals surface area (Å²) in [7, 11) is 1.87. The van der Waals surface area contributed by atoms with Crippen molar-refractivity contribution in [3.8, 4) is 16.9 Å². The molecular weight excluding hydrogens is 570 g/mol. The third-order valence-corrected chi connectivity index (χ3v) is 7.58. The molecule has 0 saturated carbocycles. The zero-order valence-corrected chi connectivity index (χ0v) is 26.7. The minimum Gasteiger partial charge on any atom is -0.508 e. The number of nitrogens with one attached hydrogen (secondary N) is 4. The van der Waals surface area contributed by atoms with Gasteiger partial charge in [-0.05, 0) is 88.0 Å². The molecule has 3 aromatic heterocycles. The predicted molar refractivity (Wildman–Crippen MR) is 180 cm³/mol. The maximum atomic E-state index is 9.88. The minimum absolute atomic E-state index is 0.220. The molecule has 4 heterocycles. The lowest BCUT2D eigenvalue weighted by atomic mass is 10.1. The Balaban J connectivity index is 0.000000510. The van der Waals surface area contributed by atoms with Gasteiger partial charge in [-0.25, -0.2) is 14.5 Å². The van der Waals surface area contributed by atoms with Gasteiger partial charge in [-0.3, -0.25) is 4.79 Å². The number of aromatic hydroxyl groups is 1. The molecule has 0 bridgehead atoms. The summed E-state index contributed by atoms with van der Waals surface area (Å²) in [6, 6.07) is 9.71. The Morgan fingerprint density at radius 3 is 2.69 bits per heavy atom. The fourth-order valence-corrected chi connectivity index (χ4v) is 5.18. The second-order valence-corrected chi connectivity index (χ2v) is 11.8. The van der Waals surface area contributed by atoms with Gasteiger partial charge in [-0.1, -0.05) is 6.92 Å². The van der Waals surface area contributed by atoms with Crippen LogP contribution in [-0.2, 0) is 11.2 Å². The van der Waals surface area contributed by atoms with E-state index in [1.54, 1.807) is 38.2 Å². The van der Waals surface area contributed by atoms with E-state index in [0.717, 1.165) is 76.5 Å². The Hall–Kier alpha value is -4.68. The number of aryl methyl sites for hydroxylation is 2. The molecule has 1 amide bonds. The highest BCUT2D eigenvalue weighted by Gasteiger charge is 2.19. The van der Waals surface area contributed by atoms with E-state index >= 15 is 0 Å². The zero-order chi connectivity index (χ0) is 32.6. The fourth-order valence-electron chi connectivity index (χ4n) is 5.18. The molecule has 1 aromatic carbocycles. The van der Waals surface area contributed by atoms with Gasteiger partial charge in [0.2, 0.25) is 6.41 Å². The van der Waals surface area contributed by atoms with Gasteiger partial charge in [0.25, 0.3) is 0 Å². The van der Waals surface area contributed by atoms with Crippen molar-refractivity contribution in [2.75, 3.05) is 37.3 Å². The Morgan fingerprint density at radius 2 is 2.07 bits per heavy atom. The molecule has 4 aromatic rings. The lowest BCUT2D eigenvalue weighted by Crippen LogP contribution is -2.33. The summed E-state index contributed by atoms with van der Waals surface area (Å²) >= 11 is 0. The second kappa shape index (κ2) is 14.9. The van der Waals surface area contributed by atoms with Gasteiger partial charge < -0.3 is 37.2 Å². The van der Waals surface area contributed by atoms with E-state index in [9.17, 15) is 9.90 Å². The molecule has 8 N–H and O–H groups in total. The first-order valence-corrected chi connectivity index (χ1v) is 15.2. The number of pyridine rings is 1. The summed E-state index contributed by atoms with van der Waals surface area (Å²) in [5.41, 5.74) is 13.2. The number of phenolic OH excluding ortho intramolecular Hbond substituents is 1. The monoisotopic (exact) mass is 615 g/mol. The van der Waals surface area contributed by atoms with Crippen molar-refractivity contribution in [1.29, 1.82) is 0 Å². The topological polar surface area (TPSA) is 174 Å². The number of nitrogens with zero attached hydrogens (tertiary/aromatic N) is 4. The number of amidine groups is 1. The van der Waals surface area contributed by atoms with Gasteiger partial charge >= 0.3 is 0 Å². The quantitative estimate of drug-likeness (QED) is 0.0754. The number of amides is 1. The van der Waals surface area contributed by atoms with E-state index in [4.69, 9.17) is 15.8 Å². The first kappa shape index (κ1) is 33.2. The third kappa shape index (κ3) is 8.70. The number of hydrogen-bond donors (Lipinski definition) is 7. The molecule has 1 aliphatic heterocycles. The molecule has 5 rings (SSSR count). The number of nitrogens with two attached hydrogens (primary N) is 1. The molecule has 240 valence electrons. The van der Waals surface area contributed by atoms with Crippen LogP contribution in [0.4, 0.5) is 17.2 Å². The average molecular weight is 616 g/mol. The largest absolute Gasteiger partial charge is 0.508 e. The van der Waals surface area contributed by atoms with E-state index < -0.39 is 5.60 Å². The molecule has 1 aliphatic rings. The number of aromatic nitrogens is 3. The van der Waals surface area contributed by atoms with E-state index in [2.05, 4.69) is 44.3 Å². The SMILES string of the molecule is CC(C)(O)CNC=O.CCc1cc(O)ccc1N=C(N)c1cnn2cc(-c3cnc(NC)cc3C)cc2c1NCC1CCCN1. The van der Waals surface area contributed by atoms with Gasteiger partial charge in [0.05, 0.1) is 34.3 Å². The van der Waals surface area contributed by atoms with Crippen LogP contribution < -0.4 is 27.0 Å². The lowest BCUT2D eigenvalue weighted by Gasteiger charge is -2.17. The highest BCUT2D eigenvalue weighted by atomic mass is 16.3. The number of aliphatic hydroxyl groups is 1.